The van der Waals surface area contributed by atoms with Crippen molar-refractivity contribution in [1.29, 1.82) is 5.26 Å². The van der Waals surface area contributed by atoms with Gasteiger partial charge in [0.25, 0.3) is 5.91 Å². The number of carbonyl (C=O) groups is 2. The van der Waals surface area contributed by atoms with Crippen molar-refractivity contribution in [3.05, 3.63) is 70.8 Å². The van der Waals surface area contributed by atoms with E-state index in [0.29, 0.717) is 10.7 Å². The summed E-state index contributed by atoms with van der Waals surface area (Å²) in [5, 5.41) is 9.42. The number of rotatable bonds is 7. The summed E-state index contributed by atoms with van der Waals surface area (Å²) >= 11 is 5.81. The van der Waals surface area contributed by atoms with Crippen molar-refractivity contribution in [3.8, 4) is 6.07 Å². The number of esters is 1. The van der Waals surface area contributed by atoms with Crippen LogP contribution in [0.3, 0.4) is 0 Å². The molecule has 0 aliphatic rings. The zero-order chi connectivity index (χ0) is 19.6. The fourth-order valence-corrected chi connectivity index (χ4v) is 2.41. The molecule has 0 N–H and O–H groups in total. The number of hydrogen-bond acceptors (Lipinski definition) is 4. The standard InChI is InChI=1S/C21H19ClN2O3/c1-16-3-10-19(11-4-16)24(14-2-13-23)20(25)15-27-21(26)12-7-17-5-8-18(22)9-6-17/h3-12H,2,14-15H2,1H3/b12-7+. The predicted molar refractivity (Wildman–Crippen MR) is 105 cm³/mol. The van der Waals surface area contributed by atoms with Crippen LogP contribution < -0.4 is 4.90 Å². The minimum Gasteiger partial charge on any atom is -0.452 e. The van der Waals surface area contributed by atoms with Crippen LogP contribution in [0.4, 0.5) is 5.69 Å². The molecule has 0 aromatic heterocycles. The number of nitriles is 1. The van der Waals surface area contributed by atoms with Crippen LogP contribution in [0.5, 0.6) is 0 Å². The predicted octanol–water partition coefficient (Wildman–Crippen LogP) is 4.15. The Morgan fingerprint density at radius 3 is 2.44 bits per heavy atom. The molecule has 0 bridgehead atoms. The number of aryl methyl sites for hydroxylation is 1. The van der Waals surface area contributed by atoms with E-state index < -0.39 is 12.6 Å². The van der Waals surface area contributed by atoms with Gasteiger partial charge in [0.05, 0.1) is 12.5 Å². The van der Waals surface area contributed by atoms with E-state index in [0.717, 1.165) is 11.1 Å². The second kappa shape index (κ2) is 10.1. The lowest BCUT2D eigenvalue weighted by atomic mass is 10.2. The molecule has 0 atom stereocenters. The zero-order valence-electron chi connectivity index (χ0n) is 14.9. The van der Waals surface area contributed by atoms with Crippen LogP contribution in [-0.2, 0) is 14.3 Å². The molecule has 2 aromatic rings. The van der Waals surface area contributed by atoms with E-state index >= 15 is 0 Å². The molecular formula is C21H19ClN2O3. The molecule has 6 heteroatoms. The molecule has 0 saturated carbocycles. The lowest BCUT2D eigenvalue weighted by molar-refractivity contribution is -0.142. The van der Waals surface area contributed by atoms with Gasteiger partial charge in [0.1, 0.15) is 0 Å². The van der Waals surface area contributed by atoms with E-state index in [2.05, 4.69) is 0 Å². The molecule has 138 valence electrons. The Hall–Kier alpha value is -3.10. The van der Waals surface area contributed by atoms with Crippen LogP contribution in [0.2, 0.25) is 5.02 Å². The number of anilines is 1. The Morgan fingerprint density at radius 1 is 1.15 bits per heavy atom. The van der Waals surface area contributed by atoms with Gasteiger partial charge in [0.2, 0.25) is 0 Å². The molecule has 5 nitrogen and oxygen atoms in total. The Labute approximate surface area is 163 Å². The lowest BCUT2D eigenvalue weighted by Gasteiger charge is -2.21. The van der Waals surface area contributed by atoms with Crippen molar-refractivity contribution in [2.75, 3.05) is 18.1 Å². The summed E-state index contributed by atoms with van der Waals surface area (Å²) in [4.78, 5) is 25.7. The average Bonchev–Trinajstić information content (AvgIpc) is 2.67. The van der Waals surface area contributed by atoms with Crippen molar-refractivity contribution >= 4 is 35.2 Å². The summed E-state index contributed by atoms with van der Waals surface area (Å²) < 4.78 is 5.03. The number of halogens is 1. The maximum Gasteiger partial charge on any atom is 0.331 e. The SMILES string of the molecule is Cc1ccc(N(CCC#N)C(=O)COC(=O)/C=C/c2ccc(Cl)cc2)cc1. The van der Waals surface area contributed by atoms with Gasteiger partial charge < -0.3 is 9.64 Å². The molecule has 0 heterocycles. The highest BCUT2D eigenvalue weighted by Crippen LogP contribution is 2.16. The summed E-state index contributed by atoms with van der Waals surface area (Å²) in [6.45, 7) is 1.78. The third kappa shape index (κ3) is 6.61. The van der Waals surface area contributed by atoms with Crippen LogP contribution in [0, 0.1) is 18.3 Å². The Morgan fingerprint density at radius 2 is 1.81 bits per heavy atom. The lowest BCUT2D eigenvalue weighted by Crippen LogP contribution is -2.35. The first-order valence-electron chi connectivity index (χ1n) is 8.34. The fraction of sp³-hybridized carbons (Fsp3) is 0.190. The number of carbonyl (C=O) groups excluding carboxylic acids is 2. The molecule has 0 aliphatic heterocycles. The van der Waals surface area contributed by atoms with Crippen molar-refractivity contribution in [2.24, 2.45) is 0 Å². The van der Waals surface area contributed by atoms with E-state index in [1.165, 1.54) is 11.0 Å². The number of benzene rings is 2. The molecule has 0 radical (unpaired) electrons. The van der Waals surface area contributed by atoms with Gasteiger partial charge in [0, 0.05) is 23.3 Å². The monoisotopic (exact) mass is 382 g/mol. The maximum absolute atomic E-state index is 12.5. The molecule has 1 amide bonds. The third-order valence-electron chi connectivity index (χ3n) is 3.71. The summed E-state index contributed by atoms with van der Waals surface area (Å²) in [5.41, 5.74) is 2.51. The first kappa shape index (κ1) is 20.2. The smallest absolute Gasteiger partial charge is 0.331 e. The molecular weight excluding hydrogens is 364 g/mol. The molecule has 0 unspecified atom stereocenters. The van der Waals surface area contributed by atoms with Crippen molar-refractivity contribution in [2.45, 2.75) is 13.3 Å². The zero-order valence-corrected chi connectivity index (χ0v) is 15.6. The topological polar surface area (TPSA) is 70.4 Å². The Balaban J connectivity index is 1.95. The highest BCUT2D eigenvalue weighted by atomic mass is 35.5. The van der Waals surface area contributed by atoms with Crippen molar-refractivity contribution in [1.82, 2.24) is 0 Å². The largest absolute Gasteiger partial charge is 0.452 e. The van der Waals surface area contributed by atoms with Gasteiger partial charge in [-0.2, -0.15) is 5.26 Å². The van der Waals surface area contributed by atoms with Crippen LogP contribution >= 0.6 is 11.6 Å². The Bertz CT molecular complexity index is 852. The van der Waals surface area contributed by atoms with Gasteiger partial charge in [-0.3, -0.25) is 4.79 Å². The van der Waals surface area contributed by atoms with E-state index in [4.69, 9.17) is 21.6 Å². The maximum atomic E-state index is 12.5. The Kier molecular flexibility index (Phi) is 7.60. The van der Waals surface area contributed by atoms with Crippen molar-refractivity contribution in [3.63, 3.8) is 0 Å². The van der Waals surface area contributed by atoms with E-state index in [1.807, 2.05) is 25.1 Å². The summed E-state index contributed by atoms with van der Waals surface area (Å²) in [6, 6.07) is 16.3. The quantitative estimate of drug-likeness (QED) is 0.532. The summed E-state index contributed by atoms with van der Waals surface area (Å²) in [7, 11) is 0. The van der Waals surface area contributed by atoms with E-state index in [1.54, 1.807) is 42.5 Å². The molecule has 0 fully saturated rings. The molecule has 2 aromatic carbocycles. The molecule has 0 spiro atoms. The van der Waals surface area contributed by atoms with Crippen LogP contribution in [0.25, 0.3) is 6.08 Å². The van der Waals surface area contributed by atoms with Gasteiger partial charge >= 0.3 is 5.97 Å². The van der Waals surface area contributed by atoms with Gasteiger partial charge in [-0.15, -0.1) is 0 Å². The minimum atomic E-state index is -0.623. The first-order chi connectivity index (χ1) is 13.0. The molecule has 2 rings (SSSR count). The number of ether oxygens (including phenoxy) is 1. The summed E-state index contributed by atoms with van der Waals surface area (Å²) in [5.74, 6) is -1.01. The van der Waals surface area contributed by atoms with Crippen LogP contribution in [-0.4, -0.2) is 25.0 Å². The van der Waals surface area contributed by atoms with Gasteiger partial charge in [-0.1, -0.05) is 41.4 Å². The van der Waals surface area contributed by atoms with Gasteiger partial charge in [-0.05, 0) is 42.8 Å². The van der Waals surface area contributed by atoms with E-state index in [9.17, 15) is 9.59 Å². The number of amides is 1. The molecule has 0 saturated heterocycles. The normalized spacial score (nSPS) is 10.4. The van der Waals surface area contributed by atoms with Crippen molar-refractivity contribution < 1.29 is 14.3 Å². The third-order valence-corrected chi connectivity index (χ3v) is 3.97. The average molecular weight is 383 g/mol. The molecule has 0 aliphatic carbocycles. The second-order valence-corrected chi connectivity index (χ2v) is 6.22. The minimum absolute atomic E-state index is 0.185. The van der Waals surface area contributed by atoms with E-state index in [-0.39, 0.29) is 18.9 Å². The number of hydrogen-bond donors (Lipinski definition) is 0. The highest BCUT2D eigenvalue weighted by molar-refractivity contribution is 6.30. The van der Waals surface area contributed by atoms with Crippen LogP contribution in [0.15, 0.2) is 54.6 Å². The molecule has 27 heavy (non-hydrogen) atoms. The van der Waals surface area contributed by atoms with Gasteiger partial charge in [-0.25, -0.2) is 4.79 Å². The first-order valence-corrected chi connectivity index (χ1v) is 8.72. The number of nitrogens with zero attached hydrogens (tertiary/aromatic N) is 2. The highest BCUT2D eigenvalue weighted by Gasteiger charge is 2.16. The fourth-order valence-electron chi connectivity index (χ4n) is 2.28. The van der Waals surface area contributed by atoms with Crippen LogP contribution in [0.1, 0.15) is 17.5 Å². The second-order valence-electron chi connectivity index (χ2n) is 5.78. The van der Waals surface area contributed by atoms with Gasteiger partial charge in [0.15, 0.2) is 6.61 Å². The summed E-state index contributed by atoms with van der Waals surface area (Å²) in [6.07, 6.45) is 3.02.